The first-order valence-corrected chi connectivity index (χ1v) is 6.44. The molecule has 92 valence electrons. The van der Waals surface area contributed by atoms with E-state index < -0.39 is 0 Å². The lowest BCUT2D eigenvalue weighted by Crippen LogP contribution is -2.38. The Labute approximate surface area is 102 Å². The van der Waals surface area contributed by atoms with E-state index in [1.165, 1.54) is 10.4 Å². The molecule has 0 aliphatic rings. The summed E-state index contributed by atoms with van der Waals surface area (Å²) in [4.78, 5) is 3.64. The van der Waals surface area contributed by atoms with E-state index >= 15 is 0 Å². The van der Waals surface area contributed by atoms with Crippen LogP contribution in [0.25, 0.3) is 0 Å². The molecule has 1 aromatic heterocycles. The molecular formula is C12H22N2OS. The van der Waals surface area contributed by atoms with Crippen molar-refractivity contribution in [3.63, 3.8) is 0 Å². The van der Waals surface area contributed by atoms with Crippen molar-refractivity contribution in [1.82, 2.24) is 4.90 Å². The first-order valence-electron chi connectivity index (χ1n) is 5.56. The van der Waals surface area contributed by atoms with E-state index in [1.54, 1.807) is 18.4 Å². The lowest BCUT2D eigenvalue weighted by molar-refractivity contribution is 0.132. The molecule has 0 spiro atoms. The molecule has 4 heteroatoms. The van der Waals surface area contributed by atoms with Crippen molar-refractivity contribution in [3.05, 3.63) is 21.9 Å². The van der Waals surface area contributed by atoms with Gasteiger partial charge in [0.05, 0.1) is 12.6 Å². The van der Waals surface area contributed by atoms with Crippen molar-refractivity contribution < 1.29 is 4.74 Å². The molecular weight excluding hydrogens is 220 g/mol. The van der Waals surface area contributed by atoms with Gasteiger partial charge in [0.1, 0.15) is 0 Å². The van der Waals surface area contributed by atoms with Crippen LogP contribution in [0.1, 0.15) is 23.4 Å². The van der Waals surface area contributed by atoms with Crippen LogP contribution in [0.2, 0.25) is 0 Å². The Hall–Kier alpha value is -0.420. The molecule has 2 unspecified atom stereocenters. The van der Waals surface area contributed by atoms with Crippen LogP contribution in [0.15, 0.2) is 11.4 Å². The largest absolute Gasteiger partial charge is 0.383 e. The molecule has 1 heterocycles. The zero-order valence-corrected chi connectivity index (χ0v) is 11.4. The number of hydrogen-bond acceptors (Lipinski definition) is 4. The summed E-state index contributed by atoms with van der Waals surface area (Å²) in [6.45, 7) is 5.85. The maximum atomic E-state index is 6.09. The van der Waals surface area contributed by atoms with Crippen molar-refractivity contribution in [3.8, 4) is 0 Å². The number of methoxy groups -OCH3 is 1. The SMILES string of the molecule is COCCN(C)C(c1sccc1C)C(C)N. The Balaban J connectivity index is 2.79. The van der Waals surface area contributed by atoms with Crippen molar-refractivity contribution in [2.45, 2.75) is 25.9 Å². The summed E-state index contributed by atoms with van der Waals surface area (Å²) in [5, 5.41) is 2.13. The maximum Gasteiger partial charge on any atom is 0.0591 e. The summed E-state index contributed by atoms with van der Waals surface area (Å²) < 4.78 is 5.11. The van der Waals surface area contributed by atoms with Crippen LogP contribution in [0.3, 0.4) is 0 Å². The molecule has 0 radical (unpaired) electrons. The third kappa shape index (κ3) is 3.28. The summed E-state index contributed by atoms with van der Waals surface area (Å²) in [6.07, 6.45) is 0. The fourth-order valence-electron chi connectivity index (χ4n) is 1.90. The van der Waals surface area contributed by atoms with E-state index in [1.807, 2.05) is 0 Å². The monoisotopic (exact) mass is 242 g/mol. The van der Waals surface area contributed by atoms with E-state index in [2.05, 4.69) is 37.2 Å². The molecule has 1 aromatic rings. The van der Waals surface area contributed by atoms with E-state index in [-0.39, 0.29) is 12.1 Å². The molecule has 0 amide bonds. The Bertz CT molecular complexity index is 312. The zero-order valence-electron chi connectivity index (χ0n) is 10.6. The normalized spacial score (nSPS) is 15.4. The first kappa shape index (κ1) is 13.6. The number of aryl methyl sites for hydroxylation is 1. The average molecular weight is 242 g/mol. The van der Waals surface area contributed by atoms with Crippen LogP contribution in [0, 0.1) is 6.92 Å². The Morgan fingerprint density at radius 1 is 1.56 bits per heavy atom. The molecule has 0 saturated heterocycles. The van der Waals surface area contributed by atoms with Gasteiger partial charge in [0.15, 0.2) is 0 Å². The van der Waals surface area contributed by atoms with Crippen LogP contribution in [-0.2, 0) is 4.74 Å². The van der Waals surface area contributed by atoms with Crippen molar-refractivity contribution in [1.29, 1.82) is 0 Å². The fraction of sp³-hybridized carbons (Fsp3) is 0.667. The van der Waals surface area contributed by atoms with Gasteiger partial charge in [-0.1, -0.05) is 0 Å². The van der Waals surface area contributed by atoms with Crippen molar-refractivity contribution in [2.24, 2.45) is 5.73 Å². The fourth-order valence-corrected chi connectivity index (χ4v) is 3.11. The third-order valence-corrected chi connectivity index (χ3v) is 3.88. The van der Waals surface area contributed by atoms with E-state index in [4.69, 9.17) is 10.5 Å². The number of ether oxygens (including phenoxy) is 1. The Morgan fingerprint density at radius 3 is 2.69 bits per heavy atom. The van der Waals surface area contributed by atoms with Gasteiger partial charge in [-0.15, -0.1) is 11.3 Å². The van der Waals surface area contributed by atoms with Gasteiger partial charge >= 0.3 is 0 Å². The lowest BCUT2D eigenvalue weighted by atomic mass is 10.0. The molecule has 2 N–H and O–H groups in total. The molecule has 3 nitrogen and oxygen atoms in total. The van der Waals surface area contributed by atoms with Crippen LogP contribution in [0.4, 0.5) is 0 Å². The van der Waals surface area contributed by atoms with Crippen LogP contribution >= 0.6 is 11.3 Å². The summed E-state index contributed by atoms with van der Waals surface area (Å²) in [6, 6.07) is 2.56. The van der Waals surface area contributed by atoms with Crippen LogP contribution in [0.5, 0.6) is 0 Å². The highest BCUT2D eigenvalue weighted by atomic mass is 32.1. The Morgan fingerprint density at radius 2 is 2.25 bits per heavy atom. The maximum absolute atomic E-state index is 6.09. The highest BCUT2D eigenvalue weighted by Gasteiger charge is 2.23. The molecule has 0 fully saturated rings. The summed E-state index contributed by atoms with van der Waals surface area (Å²) >= 11 is 1.79. The van der Waals surface area contributed by atoms with Gasteiger partial charge < -0.3 is 10.5 Å². The highest BCUT2D eigenvalue weighted by molar-refractivity contribution is 7.10. The number of thiophene rings is 1. The van der Waals surface area contributed by atoms with Gasteiger partial charge in [-0.2, -0.15) is 0 Å². The smallest absolute Gasteiger partial charge is 0.0591 e. The summed E-state index contributed by atoms with van der Waals surface area (Å²) in [7, 11) is 3.83. The van der Waals surface area contributed by atoms with Crippen molar-refractivity contribution in [2.75, 3.05) is 27.3 Å². The quantitative estimate of drug-likeness (QED) is 0.829. The second-order valence-corrected chi connectivity index (χ2v) is 5.19. The van der Waals surface area contributed by atoms with Crippen LogP contribution in [-0.4, -0.2) is 38.3 Å². The van der Waals surface area contributed by atoms with Crippen molar-refractivity contribution >= 4 is 11.3 Å². The molecule has 0 aliphatic heterocycles. The second kappa shape index (κ2) is 6.35. The summed E-state index contributed by atoms with van der Waals surface area (Å²) in [5.41, 5.74) is 7.42. The number of nitrogens with two attached hydrogens (primary N) is 1. The molecule has 0 saturated carbocycles. The highest BCUT2D eigenvalue weighted by Crippen LogP contribution is 2.29. The van der Waals surface area contributed by atoms with Gasteiger partial charge in [-0.25, -0.2) is 0 Å². The van der Waals surface area contributed by atoms with E-state index in [0.29, 0.717) is 0 Å². The van der Waals surface area contributed by atoms with Gasteiger partial charge in [0, 0.05) is 24.6 Å². The average Bonchev–Trinajstić information content (AvgIpc) is 2.62. The molecule has 0 aromatic carbocycles. The lowest BCUT2D eigenvalue weighted by Gasteiger charge is -2.30. The number of likely N-dealkylation sites (N-methyl/N-ethyl adjacent to an activating group) is 1. The minimum absolute atomic E-state index is 0.124. The van der Waals surface area contributed by atoms with Gasteiger partial charge in [-0.05, 0) is 37.9 Å². The topological polar surface area (TPSA) is 38.5 Å². The van der Waals surface area contributed by atoms with Gasteiger partial charge in [0.25, 0.3) is 0 Å². The summed E-state index contributed by atoms with van der Waals surface area (Å²) in [5.74, 6) is 0. The first-order chi connectivity index (χ1) is 7.57. The minimum atomic E-state index is 0.124. The van der Waals surface area contributed by atoms with E-state index in [0.717, 1.165) is 13.2 Å². The predicted molar refractivity (Wildman–Crippen MR) is 70.0 cm³/mol. The standard InChI is InChI=1S/C12H22N2OS/c1-9-5-8-16-12(9)11(10(2)13)14(3)6-7-15-4/h5,8,10-11H,6-7,13H2,1-4H3. The number of rotatable bonds is 6. The van der Waals surface area contributed by atoms with E-state index in [9.17, 15) is 0 Å². The van der Waals surface area contributed by atoms with Gasteiger partial charge in [-0.3, -0.25) is 4.90 Å². The Kier molecular flexibility index (Phi) is 5.41. The molecule has 2 atom stereocenters. The number of nitrogens with zero attached hydrogens (tertiary/aromatic N) is 1. The predicted octanol–water partition coefficient (Wildman–Crippen LogP) is 2.02. The number of hydrogen-bond donors (Lipinski definition) is 1. The molecule has 16 heavy (non-hydrogen) atoms. The zero-order chi connectivity index (χ0) is 12.1. The van der Waals surface area contributed by atoms with Crippen LogP contribution < -0.4 is 5.73 Å². The third-order valence-electron chi connectivity index (χ3n) is 2.79. The molecule has 1 rings (SSSR count). The molecule has 0 bridgehead atoms. The van der Waals surface area contributed by atoms with Gasteiger partial charge in [0.2, 0.25) is 0 Å². The second-order valence-electron chi connectivity index (χ2n) is 4.25. The minimum Gasteiger partial charge on any atom is -0.383 e. The molecule has 0 aliphatic carbocycles.